The lowest BCUT2D eigenvalue weighted by Crippen LogP contribution is -2.10. The number of halogens is 1. The quantitative estimate of drug-likeness (QED) is 0.746. The van der Waals surface area contributed by atoms with Crippen molar-refractivity contribution in [1.29, 1.82) is 0 Å². The van der Waals surface area contributed by atoms with Gasteiger partial charge in [-0.15, -0.1) is 0 Å². The van der Waals surface area contributed by atoms with Gasteiger partial charge in [0, 0.05) is 6.54 Å². The first kappa shape index (κ1) is 16.8. The molecule has 0 aliphatic rings. The third-order valence-corrected chi connectivity index (χ3v) is 4.08. The molecule has 0 radical (unpaired) electrons. The van der Waals surface area contributed by atoms with E-state index in [0.717, 1.165) is 22.5 Å². The summed E-state index contributed by atoms with van der Waals surface area (Å²) in [6, 6.07) is 12.2. The van der Waals surface area contributed by atoms with Crippen molar-refractivity contribution < 1.29 is 9.47 Å². The van der Waals surface area contributed by atoms with E-state index in [1.807, 2.05) is 19.2 Å². The largest absolute Gasteiger partial charge is 0.490 e. The molecule has 22 heavy (non-hydrogen) atoms. The number of nitrogens with one attached hydrogen (secondary N) is 1. The van der Waals surface area contributed by atoms with E-state index < -0.39 is 0 Å². The molecule has 0 bridgehead atoms. The van der Waals surface area contributed by atoms with Gasteiger partial charge in [-0.3, -0.25) is 0 Å². The maximum absolute atomic E-state index is 5.75. The van der Waals surface area contributed by atoms with Crippen molar-refractivity contribution in [2.75, 3.05) is 20.3 Å². The van der Waals surface area contributed by atoms with Crippen molar-refractivity contribution in [2.24, 2.45) is 0 Å². The lowest BCUT2D eigenvalue weighted by atomic mass is 10.1. The molecule has 0 aliphatic carbocycles. The summed E-state index contributed by atoms with van der Waals surface area (Å²) in [4.78, 5) is 0. The summed E-state index contributed by atoms with van der Waals surface area (Å²) in [5.41, 5.74) is 3.73. The molecule has 0 heterocycles. The van der Waals surface area contributed by atoms with Crippen molar-refractivity contribution in [1.82, 2.24) is 5.32 Å². The molecule has 0 fully saturated rings. The average molecular weight is 364 g/mol. The Labute approximate surface area is 140 Å². The normalized spacial score (nSPS) is 10.5. The second-order valence-electron chi connectivity index (χ2n) is 5.24. The summed E-state index contributed by atoms with van der Waals surface area (Å²) >= 11 is 3.54. The van der Waals surface area contributed by atoms with Gasteiger partial charge in [-0.05, 0) is 77.8 Å². The molecule has 4 heteroatoms. The Morgan fingerprint density at radius 3 is 2.41 bits per heavy atom. The molecule has 2 rings (SSSR count). The summed E-state index contributed by atoms with van der Waals surface area (Å²) in [6.45, 7) is 6.05. The van der Waals surface area contributed by atoms with E-state index in [-0.39, 0.29) is 0 Å². The van der Waals surface area contributed by atoms with Gasteiger partial charge in [0.2, 0.25) is 0 Å². The standard InChI is InChI=1S/C18H22BrNO2/c1-13-4-6-16(10-14(13)2)21-8-9-22-18-7-5-15(12-20-3)11-17(18)19/h4-7,10-11,20H,8-9,12H2,1-3H3. The second kappa shape index (κ2) is 8.20. The highest BCUT2D eigenvalue weighted by Gasteiger charge is 2.03. The van der Waals surface area contributed by atoms with E-state index >= 15 is 0 Å². The molecule has 0 atom stereocenters. The molecule has 0 saturated carbocycles. The topological polar surface area (TPSA) is 30.5 Å². The monoisotopic (exact) mass is 363 g/mol. The van der Waals surface area contributed by atoms with Gasteiger partial charge in [0.15, 0.2) is 0 Å². The zero-order valence-electron chi connectivity index (χ0n) is 13.3. The van der Waals surface area contributed by atoms with Crippen LogP contribution in [0.1, 0.15) is 16.7 Å². The molecule has 3 nitrogen and oxygen atoms in total. The number of hydrogen-bond donors (Lipinski definition) is 1. The zero-order valence-corrected chi connectivity index (χ0v) is 14.9. The van der Waals surface area contributed by atoms with Crippen LogP contribution < -0.4 is 14.8 Å². The fourth-order valence-electron chi connectivity index (χ4n) is 2.09. The SMILES string of the molecule is CNCc1ccc(OCCOc2ccc(C)c(C)c2)c(Br)c1. The van der Waals surface area contributed by atoms with Crippen LogP contribution in [0, 0.1) is 13.8 Å². The Morgan fingerprint density at radius 2 is 1.73 bits per heavy atom. The van der Waals surface area contributed by atoms with Crippen LogP contribution in [0.4, 0.5) is 0 Å². The van der Waals surface area contributed by atoms with Gasteiger partial charge in [-0.2, -0.15) is 0 Å². The first-order valence-electron chi connectivity index (χ1n) is 7.36. The smallest absolute Gasteiger partial charge is 0.133 e. The van der Waals surface area contributed by atoms with E-state index in [1.54, 1.807) is 0 Å². The molecule has 0 unspecified atom stereocenters. The van der Waals surface area contributed by atoms with Crippen LogP contribution in [0.15, 0.2) is 40.9 Å². The van der Waals surface area contributed by atoms with E-state index in [0.29, 0.717) is 13.2 Å². The van der Waals surface area contributed by atoms with E-state index in [2.05, 4.69) is 59.4 Å². The lowest BCUT2D eigenvalue weighted by molar-refractivity contribution is 0.216. The van der Waals surface area contributed by atoms with Crippen LogP contribution >= 0.6 is 15.9 Å². The predicted molar refractivity (Wildman–Crippen MR) is 93.8 cm³/mol. The summed E-state index contributed by atoms with van der Waals surface area (Å²) in [7, 11) is 1.93. The first-order chi connectivity index (χ1) is 10.6. The van der Waals surface area contributed by atoms with E-state index in [4.69, 9.17) is 9.47 Å². The molecule has 0 aliphatic heterocycles. The molecule has 0 saturated heterocycles. The minimum atomic E-state index is 0.511. The Balaban J connectivity index is 1.82. The third kappa shape index (κ3) is 4.75. The number of aryl methyl sites for hydroxylation is 2. The summed E-state index contributed by atoms with van der Waals surface area (Å²) in [5, 5.41) is 3.13. The minimum absolute atomic E-state index is 0.511. The molecule has 0 spiro atoms. The highest BCUT2D eigenvalue weighted by atomic mass is 79.9. The molecule has 0 aromatic heterocycles. The van der Waals surface area contributed by atoms with Crippen LogP contribution in [0.3, 0.4) is 0 Å². The Hall–Kier alpha value is -1.52. The fraction of sp³-hybridized carbons (Fsp3) is 0.333. The van der Waals surface area contributed by atoms with Gasteiger partial charge in [0.05, 0.1) is 4.47 Å². The minimum Gasteiger partial charge on any atom is -0.490 e. The fourth-order valence-corrected chi connectivity index (χ4v) is 2.63. The van der Waals surface area contributed by atoms with Crippen molar-refractivity contribution >= 4 is 15.9 Å². The molecular weight excluding hydrogens is 342 g/mol. The third-order valence-electron chi connectivity index (χ3n) is 3.47. The van der Waals surface area contributed by atoms with Gasteiger partial charge in [0.1, 0.15) is 24.7 Å². The number of benzene rings is 2. The van der Waals surface area contributed by atoms with Crippen LogP contribution in [-0.2, 0) is 6.54 Å². The molecule has 1 N–H and O–H groups in total. The van der Waals surface area contributed by atoms with Crippen LogP contribution in [0.25, 0.3) is 0 Å². The summed E-state index contributed by atoms with van der Waals surface area (Å²) in [5.74, 6) is 1.72. The van der Waals surface area contributed by atoms with Gasteiger partial charge < -0.3 is 14.8 Å². The van der Waals surface area contributed by atoms with Crippen molar-refractivity contribution in [2.45, 2.75) is 20.4 Å². The average Bonchev–Trinajstić information content (AvgIpc) is 2.49. The number of ether oxygens (including phenoxy) is 2. The Morgan fingerprint density at radius 1 is 0.955 bits per heavy atom. The van der Waals surface area contributed by atoms with E-state index in [9.17, 15) is 0 Å². The van der Waals surface area contributed by atoms with Crippen molar-refractivity contribution in [3.63, 3.8) is 0 Å². The molecule has 2 aromatic carbocycles. The summed E-state index contributed by atoms with van der Waals surface area (Å²) < 4.78 is 12.4. The lowest BCUT2D eigenvalue weighted by Gasteiger charge is -2.11. The van der Waals surface area contributed by atoms with Crippen LogP contribution in [0.5, 0.6) is 11.5 Å². The van der Waals surface area contributed by atoms with E-state index in [1.165, 1.54) is 16.7 Å². The predicted octanol–water partition coefficient (Wildman–Crippen LogP) is 4.24. The Bertz CT molecular complexity index is 628. The zero-order chi connectivity index (χ0) is 15.9. The second-order valence-corrected chi connectivity index (χ2v) is 6.09. The molecular formula is C18H22BrNO2. The molecule has 0 amide bonds. The van der Waals surface area contributed by atoms with Crippen molar-refractivity contribution in [3.8, 4) is 11.5 Å². The van der Waals surface area contributed by atoms with Crippen LogP contribution in [0.2, 0.25) is 0 Å². The van der Waals surface area contributed by atoms with Crippen molar-refractivity contribution in [3.05, 3.63) is 57.6 Å². The van der Waals surface area contributed by atoms with Crippen LogP contribution in [-0.4, -0.2) is 20.3 Å². The highest BCUT2D eigenvalue weighted by molar-refractivity contribution is 9.10. The summed E-state index contributed by atoms with van der Waals surface area (Å²) in [6.07, 6.45) is 0. The maximum atomic E-state index is 5.75. The number of hydrogen-bond acceptors (Lipinski definition) is 3. The van der Waals surface area contributed by atoms with Gasteiger partial charge in [0.25, 0.3) is 0 Å². The number of rotatable bonds is 7. The first-order valence-corrected chi connectivity index (χ1v) is 8.15. The maximum Gasteiger partial charge on any atom is 0.133 e. The molecule has 2 aromatic rings. The Kier molecular flexibility index (Phi) is 6.28. The van der Waals surface area contributed by atoms with Gasteiger partial charge in [-0.1, -0.05) is 12.1 Å². The van der Waals surface area contributed by atoms with Gasteiger partial charge >= 0.3 is 0 Å². The highest BCUT2D eigenvalue weighted by Crippen LogP contribution is 2.26. The van der Waals surface area contributed by atoms with Gasteiger partial charge in [-0.25, -0.2) is 0 Å². The molecule has 118 valence electrons.